The number of ether oxygens (including phenoxy) is 1. The Labute approximate surface area is 233 Å². The van der Waals surface area contributed by atoms with Crippen molar-refractivity contribution in [1.82, 2.24) is 10.6 Å². The third-order valence-corrected chi connectivity index (χ3v) is 6.54. The van der Waals surface area contributed by atoms with Crippen LogP contribution in [0, 0.1) is 5.82 Å². The minimum atomic E-state index is -4.83. The van der Waals surface area contributed by atoms with E-state index in [0.717, 1.165) is 0 Å². The summed E-state index contributed by atoms with van der Waals surface area (Å²) in [5.41, 5.74) is 0.254. The molecule has 41 heavy (non-hydrogen) atoms. The van der Waals surface area contributed by atoms with E-state index in [2.05, 4.69) is 15.4 Å². The lowest BCUT2D eigenvalue weighted by atomic mass is 10.0. The predicted octanol–water partition coefficient (Wildman–Crippen LogP) is 4.40. The first kappa shape index (κ1) is 29.4. The molecule has 3 aromatic carbocycles. The maximum atomic E-state index is 14.2. The van der Waals surface area contributed by atoms with Crippen molar-refractivity contribution in [2.24, 2.45) is 0 Å². The van der Waals surface area contributed by atoms with Crippen molar-refractivity contribution >= 4 is 29.1 Å². The van der Waals surface area contributed by atoms with E-state index in [-0.39, 0.29) is 24.5 Å². The molecule has 0 radical (unpaired) electrons. The van der Waals surface area contributed by atoms with Gasteiger partial charge in [-0.05, 0) is 61.9 Å². The average molecular weight is 573 g/mol. The molecule has 0 aromatic heterocycles. The fourth-order valence-electron chi connectivity index (χ4n) is 4.40. The molecule has 0 spiro atoms. The van der Waals surface area contributed by atoms with E-state index in [1.165, 1.54) is 68.3 Å². The van der Waals surface area contributed by atoms with E-state index in [0.29, 0.717) is 16.8 Å². The molecule has 216 valence electrons. The molecule has 0 unspecified atom stereocenters. The van der Waals surface area contributed by atoms with Gasteiger partial charge in [0, 0.05) is 25.7 Å². The van der Waals surface area contributed by atoms with Gasteiger partial charge in [-0.2, -0.15) is 0 Å². The molecule has 0 saturated heterocycles. The van der Waals surface area contributed by atoms with Gasteiger partial charge < -0.3 is 25.2 Å². The van der Waals surface area contributed by atoms with Crippen molar-refractivity contribution in [3.8, 4) is 5.75 Å². The molecule has 3 aromatic rings. The number of hydrogen-bond donors (Lipinski definition) is 2. The van der Waals surface area contributed by atoms with Crippen LogP contribution in [-0.2, 0) is 16.1 Å². The Morgan fingerprint density at radius 2 is 1.63 bits per heavy atom. The summed E-state index contributed by atoms with van der Waals surface area (Å²) < 4.78 is 55.8. The highest BCUT2D eigenvalue weighted by molar-refractivity contribution is 6.04. The summed E-state index contributed by atoms with van der Waals surface area (Å²) >= 11 is 0. The van der Waals surface area contributed by atoms with Crippen LogP contribution >= 0.6 is 0 Å². The van der Waals surface area contributed by atoms with Gasteiger partial charge in [0.1, 0.15) is 23.1 Å². The lowest BCUT2D eigenvalue weighted by molar-refractivity contribution is -0.274. The number of alkyl halides is 3. The van der Waals surface area contributed by atoms with E-state index in [9.17, 15) is 31.9 Å². The zero-order chi connectivity index (χ0) is 29.9. The molecule has 0 saturated carbocycles. The first-order chi connectivity index (χ1) is 19.2. The summed E-state index contributed by atoms with van der Waals surface area (Å²) in [6.45, 7) is 3.07. The molecule has 4 rings (SSSR count). The summed E-state index contributed by atoms with van der Waals surface area (Å²) in [5, 5.41) is 5.38. The summed E-state index contributed by atoms with van der Waals surface area (Å²) in [6.07, 6.45) is -4.83. The van der Waals surface area contributed by atoms with E-state index >= 15 is 0 Å². The second-order valence-electron chi connectivity index (χ2n) is 10.1. The molecule has 0 aliphatic carbocycles. The third-order valence-electron chi connectivity index (χ3n) is 6.54. The van der Waals surface area contributed by atoms with E-state index < -0.39 is 41.5 Å². The number of rotatable bonds is 7. The number of halogens is 4. The van der Waals surface area contributed by atoms with Crippen molar-refractivity contribution in [3.63, 3.8) is 0 Å². The lowest BCUT2D eigenvalue weighted by Crippen LogP contribution is -2.60. The van der Waals surface area contributed by atoms with Gasteiger partial charge in [-0.25, -0.2) is 4.39 Å². The zero-order valence-electron chi connectivity index (χ0n) is 22.5. The average Bonchev–Trinajstić information content (AvgIpc) is 3.00. The van der Waals surface area contributed by atoms with E-state index in [4.69, 9.17) is 0 Å². The van der Waals surface area contributed by atoms with Gasteiger partial charge in [-0.1, -0.05) is 30.3 Å². The minimum absolute atomic E-state index is 0.0446. The van der Waals surface area contributed by atoms with Crippen LogP contribution in [0.2, 0.25) is 0 Å². The van der Waals surface area contributed by atoms with Gasteiger partial charge in [-0.15, -0.1) is 13.2 Å². The molecule has 0 bridgehead atoms. The molecule has 3 amide bonds. The van der Waals surface area contributed by atoms with Crippen LogP contribution in [0.4, 0.5) is 28.9 Å². The number of fused-ring (bicyclic) bond motifs is 1. The summed E-state index contributed by atoms with van der Waals surface area (Å²) in [5.74, 6) is -2.59. The minimum Gasteiger partial charge on any atom is -0.406 e. The normalized spacial score (nSPS) is 15.6. The van der Waals surface area contributed by atoms with Gasteiger partial charge in [0.15, 0.2) is 0 Å². The standard InChI is InChI=1S/C29H28F4N4O4/c1-28(2,35-25(38)19-7-5-4-6-8-19)27(40)34-22-17-37(16-18-9-12-21(13-10-18)41-29(31,32)33)23-14-11-20(30)15-24(23)36(3)26(22)39/h4-15,22H,16-17H2,1-3H3,(H,34,40)(H,35,38)/t22-/m1/s1. The van der Waals surface area contributed by atoms with Crippen LogP contribution < -0.4 is 25.2 Å². The number of benzene rings is 3. The quantitative estimate of drug-likeness (QED) is 0.410. The third kappa shape index (κ3) is 7.13. The van der Waals surface area contributed by atoms with Gasteiger partial charge in [-0.3, -0.25) is 14.4 Å². The Morgan fingerprint density at radius 1 is 0.976 bits per heavy atom. The van der Waals surface area contributed by atoms with Crippen LogP contribution in [0.15, 0.2) is 72.8 Å². The maximum Gasteiger partial charge on any atom is 0.573 e. The van der Waals surface area contributed by atoms with Crippen LogP contribution in [0.1, 0.15) is 29.8 Å². The Bertz CT molecular complexity index is 1430. The number of anilines is 2. The Kier molecular flexibility index (Phi) is 8.22. The number of carbonyl (C=O) groups excluding carboxylic acids is 3. The summed E-state index contributed by atoms with van der Waals surface area (Å²) in [7, 11) is 1.45. The summed E-state index contributed by atoms with van der Waals surface area (Å²) in [6, 6.07) is 16.3. The van der Waals surface area contributed by atoms with Crippen LogP contribution in [-0.4, -0.2) is 49.3 Å². The number of nitrogens with one attached hydrogen (secondary N) is 2. The van der Waals surface area contributed by atoms with Crippen molar-refractivity contribution in [3.05, 3.63) is 89.7 Å². The number of hydrogen-bond acceptors (Lipinski definition) is 5. The molecule has 12 heteroatoms. The first-order valence-corrected chi connectivity index (χ1v) is 12.6. The fourth-order valence-corrected chi connectivity index (χ4v) is 4.40. The summed E-state index contributed by atoms with van der Waals surface area (Å²) in [4.78, 5) is 42.4. The van der Waals surface area contributed by atoms with Crippen molar-refractivity contribution < 1.29 is 36.7 Å². The van der Waals surface area contributed by atoms with Gasteiger partial charge in [0.25, 0.3) is 11.8 Å². The number of likely N-dealkylation sites (N-methyl/N-ethyl adjacent to an activating group) is 1. The molecule has 0 fully saturated rings. The van der Waals surface area contributed by atoms with Gasteiger partial charge >= 0.3 is 6.36 Å². The molecule has 2 N–H and O–H groups in total. The monoisotopic (exact) mass is 572 g/mol. The molecular weight excluding hydrogens is 544 g/mol. The zero-order valence-corrected chi connectivity index (χ0v) is 22.5. The Morgan fingerprint density at radius 3 is 2.27 bits per heavy atom. The highest BCUT2D eigenvalue weighted by Crippen LogP contribution is 2.34. The maximum absolute atomic E-state index is 14.2. The predicted molar refractivity (Wildman–Crippen MR) is 144 cm³/mol. The topological polar surface area (TPSA) is 91.0 Å². The highest BCUT2D eigenvalue weighted by Gasteiger charge is 2.37. The van der Waals surface area contributed by atoms with Crippen molar-refractivity contribution in [2.45, 2.75) is 38.3 Å². The SMILES string of the molecule is CN1C(=O)[C@H](NC(=O)C(C)(C)NC(=O)c2ccccc2)CN(Cc2ccc(OC(F)(F)F)cc2)c2ccc(F)cc21. The molecule has 1 aliphatic heterocycles. The number of amides is 3. The second kappa shape index (κ2) is 11.5. The van der Waals surface area contributed by atoms with Crippen LogP contribution in [0.25, 0.3) is 0 Å². The van der Waals surface area contributed by atoms with Crippen molar-refractivity contribution in [2.75, 3.05) is 23.4 Å². The van der Waals surface area contributed by atoms with E-state index in [1.54, 1.807) is 35.2 Å². The smallest absolute Gasteiger partial charge is 0.406 e. The van der Waals surface area contributed by atoms with Crippen LogP contribution in [0.5, 0.6) is 5.75 Å². The molecular formula is C29H28F4N4O4. The van der Waals surface area contributed by atoms with E-state index in [1.807, 2.05) is 0 Å². The van der Waals surface area contributed by atoms with Gasteiger partial charge in [0.05, 0.1) is 11.4 Å². The first-order valence-electron chi connectivity index (χ1n) is 12.6. The van der Waals surface area contributed by atoms with Gasteiger partial charge in [0.2, 0.25) is 5.91 Å². The lowest BCUT2D eigenvalue weighted by Gasteiger charge is -2.30. The van der Waals surface area contributed by atoms with Crippen LogP contribution in [0.3, 0.4) is 0 Å². The molecule has 1 aliphatic rings. The number of carbonyl (C=O) groups is 3. The van der Waals surface area contributed by atoms with Crippen molar-refractivity contribution in [1.29, 1.82) is 0 Å². The molecule has 1 heterocycles. The molecule has 1 atom stereocenters. The second-order valence-corrected chi connectivity index (χ2v) is 10.1. The highest BCUT2D eigenvalue weighted by atomic mass is 19.4. The number of nitrogens with zero attached hydrogens (tertiary/aromatic N) is 2. The largest absolute Gasteiger partial charge is 0.573 e. The Hall–Kier alpha value is -4.61. The fraction of sp³-hybridized carbons (Fsp3) is 0.276. The Balaban J connectivity index is 1.57. The molecule has 8 nitrogen and oxygen atoms in total.